The molecule has 1 aliphatic heterocycles. The van der Waals surface area contributed by atoms with E-state index in [0.29, 0.717) is 47.3 Å². The number of ether oxygens (including phenoxy) is 2. The number of nitrogens with zero attached hydrogens (tertiary/aromatic N) is 3. The first kappa shape index (κ1) is 32.8. The van der Waals surface area contributed by atoms with Gasteiger partial charge in [-0.2, -0.15) is 0 Å². The molecule has 2 heterocycles. The number of urea groups is 1. The van der Waals surface area contributed by atoms with Crippen molar-refractivity contribution < 1.29 is 28.7 Å². The molecule has 11 nitrogen and oxygen atoms in total. The van der Waals surface area contributed by atoms with Gasteiger partial charge in [-0.25, -0.2) is 4.79 Å². The Bertz CT molecular complexity index is 1210. The Morgan fingerprint density at radius 2 is 1.93 bits per heavy atom. The van der Waals surface area contributed by atoms with Crippen molar-refractivity contribution in [1.29, 1.82) is 0 Å². The largest absolute Gasteiger partial charge is 0.490 e. The Labute approximate surface area is 255 Å². The number of aromatic nitrogens is 1. The predicted octanol–water partition coefficient (Wildman–Crippen LogP) is 5.07. The number of hydrogen-bond acceptors (Lipinski definition) is 8. The number of anilines is 2. The Morgan fingerprint density at radius 3 is 2.60 bits per heavy atom. The highest BCUT2D eigenvalue weighted by Crippen LogP contribution is 2.31. The molecule has 1 aliphatic carbocycles. The van der Waals surface area contributed by atoms with Crippen molar-refractivity contribution in [3.63, 3.8) is 0 Å². The molecule has 1 aromatic carbocycles. The van der Waals surface area contributed by atoms with Crippen molar-refractivity contribution in [2.24, 2.45) is 11.8 Å². The highest BCUT2D eigenvalue weighted by molar-refractivity contribution is 6.03. The molecule has 0 unspecified atom stereocenters. The molecule has 0 spiro atoms. The number of amides is 3. The number of aliphatic hydroxyl groups excluding tert-OH is 1. The molecular formula is C32H49N5O6. The van der Waals surface area contributed by atoms with Crippen LogP contribution in [0, 0.1) is 25.7 Å². The summed E-state index contributed by atoms with van der Waals surface area (Å²) in [7, 11) is 2.14. The second kappa shape index (κ2) is 15.0. The lowest BCUT2D eigenvalue weighted by Gasteiger charge is -2.36. The number of aliphatic hydroxyl groups is 1. The van der Waals surface area contributed by atoms with E-state index in [9.17, 15) is 14.7 Å². The van der Waals surface area contributed by atoms with E-state index in [1.807, 2.05) is 13.8 Å². The number of carbonyl (C=O) groups is 2. The summed E-state index contributed by atoms with van der Waals surface area (Å²) >= 11 is 0. The van der Waals surface area contributed by atoms with E-state index >= 15 is 0 Å². The Morgan fingerprint density at radius 1 is 1.16 bits per heavy atom. The third kappa shape index (κ3) is 9.17. The minimum Gasteiger partial charge on any atom is -0.490 e. The standard InChI is InChI=1S/C32H49N5O6/c1-20-16-37(21(2)19-38)31(39)27-15-26(33-32(40)34-30-23(4)35-43-24(30)5)12-13-28(27)42-22(3)9-7-8-14-41-29(20)18-36(6)17-25-10-11-25/h12-13,15,20-22,25,29,38H,7-11,14,16-19H2,1-6H3,(H2,33,34,40)/t20-,21-,22-,29+/m1/s1. The lowest BCUT2D eigenvalue weighted by Crippen LogP contribution is -2.47. The molecule has 11 heteroatoms. The van der Waals surface area contributed by atoms with Crippen LogP contribution in [0.3, 0.4) is 0 Å². The van der Waals surface area contributed by atoms with Gasteiger partial charge in [-0.1, -0.05) is 12.1 Å². The van der Waals surface area contributed by atoms with Crippen molar-refractivity contribution >= 4 is 23.3 Å². The first-order chi connectivity index (χ1) is 20.5. The Balaban J connectivity index is 1.60. The lowest BCUT2D eigenvalue weighted by atomic mass is 10.0. The minimum atomic E-state index is -0.485. The zero-order valence-electron chi connectivity index (χ0n) is 26.5. The monoisotopic (exact) mass is 599 g/mol. The fourth-order valence-electron chi connectivity index (χ4n) is 5.52. The second-order valence-electron chi connectivity index (χ2n) is 12.5. The zero-order valence-corrected chi connectivity index (χ0v) is 26.5. The molecule has 2 aliphatic rings. The van der Waals surface area contributed by atoms with Crippen LogP contribution >= 0.6 is 0 Å². The van der Waals surface area contributed by atoms with E-state index in [1.165, 1.54) is 12.8 Å². The van der Waals surface area contributed by atoms with Crippen molar-refractivity contribution in [3.05, 3.63) is 35.2 Å². The van der Waals surface area contributed by atoms with Gasteiger partial charge < -0.3 is 39.5 Å². The van der Waals surface area contributed by atoms with Crippen LogP contribution in [0.1, 0.15) is 74.7 Å². The summed E-state index contributed by atoms with van der Waals surface area (Å²) in [5.41, 5.74) is 1.83. The van der Waals surface area contributed by atoms with Crippen LogP contribution in [0.4, 0.5) is 16.2 Å². The molecule has 1 fully saturated rings. The van der Waals surface area contributed by atoms with Gasteiger partial charge in [0.25, 0.3) is 5.91 Å². The molecular weight excluding hydrogens is 550 g/mol. The number of fused-ring (bicyclic) bond motifs is 1. The Hall–Kier alpha value is -3.15. The summed E-state index contributed by atoms with van der Waals surface area (Å²) in [4.78, 5) is 31.2. The van der Waals surface area contributed by atoms with Crippen molar-refractivity contribution in [1.82, 2.24) is 15.0 Å². The van der Waals surface area contributed by atoms with Gasteiger partial charge in [-0.05, 0) is 91.0 Å². The minimum absolute atomic E-state index is 0.0213. The molecule has 238 valence electrons. The maximum atomic E-state index is 14.3. The molecule has 2 aromatic rings. The van der Waals surface area contributed by atoms with E-state index in [0.717, 1.165) is 38.3 Å². The summed E-state index contributed by atoms with van der Waals surface area (Å²) in [6, 6.07) is 4.17. The van der Waals surface area contributed by atoms with E-state index in [-0.39, 0.29) is 30.6 Å². The number of benzene rings is 1. The molecule has 4 rings (SSSR count). The van der Waals surface area contributed by atoms with Gasteiger partial charge in [-0.3, -0.25) is 4.79 Å². The van der Waals surface area contributed by atoms with Crippen molar-refractivity contribution in [2.45, 2.75) is 85.0 Å². The maximum Gasteiger partial charge on any atom is 0.323 e. The van der Waals surface area contributed by atoms with Crippen LogP contribution < -0.4 is 15.4 Å². The van der Waals surface area contributed by atoms with Crippen LogP contribution in [-0.2, 0) is 4.74 Å². The SMILES string of the molecule is Cc1noc(C)c1NC(=O)Nc1ccc2c(c1)C(=O)N([C@H](C)CO)C[C@@H](C)[C@H](CN(C)CC1CC1)OCCCC[C@@H](C)O2. The van der Waals surface area contributed by atoms with Crippen molar-refractivity contribution in [2.75, 3.05) is 50.5 Å². The van der Waals surface area contributed by atoms with E-state index < -0.39 is 12.1 Å². The third-order valence-corrected chi connectivity index (χ3v) is 8.34. The molecule has 43 heavy (non-hydrogen) atoms. The first-order valence-corrected chi connectivity index (χ1v) is 15.6. The summed E-state index contributed by atoms with van der Waals surface area (Å²) < 4.78 is 17.9. The van der Waals surface area contributed by atoms with Crippen LogP contribution in [0.25, 0.3) is 0 Å². The normalized spacial score (nSPS) is 22.8. The number of rotatable bonds is 8. The van der Waals surface area contributed by atoms with Gasteiger partial charge in [0.2, 0.25) is 0 Å². The van der Waals surface area contributed by atoms with Gasteiger partial charge in [0.05, 0.1) is 30.4 Å². The van der Waals surface area contributed by atoms with E-state index in [2.05, 4.69) is 34.7 Å². The van der Waals surface area contributed by atoms with E-state index in [4.69, 9.17) is 14.0 Å². The summed E-state index contributed by atoms with van der Waals surface area (Å²) in [5.74, 6) is 1.48. The average molecular weight is 600 g/mol. The molecule has 1 saturated carbocycles. The van der Waals surface area contributed by atoms with Gasteiger partial charge >= 0.3 is 6.03 Å². The van der Waals surface area contributed by atoms with Gasteiger partial charge in [0.1, 0.15) is 17.1 Å². The molecule has 0 saturated heterocycles. The summed E-state index contributed by atoms with van der Waals surface area (Å²) in [6.07, 6.45) is 5.09. The van der Waals surface area contributed by atoms with Crippen LogP contribution in [0.15, 0.2) is 22.7 Å². The molecule has 1 aromatic heterocycles. The smallest absolute Gasteiger partial charge is 0.323 e. The summed E-state index contributed by atoms with van der Waals surface area (Å²) in [6.45, 7) is 12.1. The fraction of sp³-hybridized carbons (Fsp3) is 0.656. The van der Waals surface area contributed by atoms with Crippen LogP contribution in [0.5, 0.6) is 5.75 Å². The maximum absolute atomic E-state index is 14.3. The molecule has 0 radical (unpaired) electrons. The predicted molar refractivity (Wildman–Crippen MR) is 166 cm³/mol. The number of likely N-dealkylation sites (N-methyl/N-ethyl adjacent to an activating group) is 1. The third-order valence-electron chi connectivity index (χ3n) is 8.34. The molecule has 4 atom stereocenters. The second-order valence-corrected chi connectivity index (χ2v) is 12.5. The topological polar surface area (TPSA) is 129 Å². The zero-order chi connectivity index (χ0) is 31.1. The molecule has 3 N–H and O–H groups in total. The number of hydrogen-bond donors (Lipinski definition) is 3. The molecule has 3 amide bonds. The quantitative estimate of drug-likeness (QED) is 0.384. The van der Waals surface area contributed by atoms with Crippen LogP contribution in [0.2, 0.25) is 0 Å². The average Bonchev–Trinajstić information content (AvgIpc) is 3.73. The number of aryl methyl sites for hydroxylation is 2. The lowest BCUT2D eigenvalue weighted by molar-refractivity contribution is -0.0172. The van der Waals surface area contributed by atoms with Gasteiger partial charge in [0.15, 0.2) is 5.76 Å². The fourth-order valence-corrected chi connectivity index (χ4v) is 5.52. The van der Waals surface area contributed by atoms with E-state index in [1.54, 1.807) is 36.9 Å². The number of nitrogens with one attached hydrogen (secondary N) is 2. The number of carbonyl (C=O) groups excluding carboxylic acids is 2. The van der Waals surface area contributed by atoms with Crippen LogP contribution in [-0.4, -0.2) is 90.1 Å². The molecule has 0 bridgehead atoms. The van der Waals surface area contributed by atoms with Gasteiger partial charge in [0, 0.05) is 37.8 Å². The van der Waals surface area contributed by atoms with Gasteiger partial charge in [-0.15, -0.1) is 0 Å². The highest BCUT2D eigenvalue weighted by Gasteiger charge is 2.31. The first-order valence-electron chi connectivity index (χ1n) is 15.6. The Kier molecular flexibility index (Phi) is 11.5. The highest BCUT2D eigenvalue weighted by atomic mass is 16.5. The summed E-state index contributed by atoms with van der Waals surface area (Å²) in [5, 5.41) is 19.6. The van der Waals surface area contributed by atoms with Crippen molar-refractivity contribution in [3.8, 4) is 5.75 Å².